The van der Waals surface area contributed by atoms with Crippen LogP contribution in [0, 0.1) is 11.8 Å². The van der Waals surface area contributed by atoms with E-state index in [2.05, 4.69) is 43.1 Å². The molecule has 2 aromatic carbocycles. The molecule has 1 atom stereocenters. The zero-order valence-electron chi connectivity index (χ0n) is 18.9. The highest BCUT2D eigenvalue weighted by atomic mass is 16.2. The molecule has 1 saturated carbocycles. The Morgan fingerprint density at radius 3 is 2.50 bits per heavy atom. The molecule has 2 amide bonds. The molecule has 5 rings (SSSR count). The van der Waals surface area contributed by atoms with Gasteiger partial charge < -0.3 is 14.8 Å². The van der Waals surface area contributed by atoms with Gasteiger partial charge in [-0.1, -0.05) is 24.3 Å². The summed E-state index contributed by atoms with van der Waals surface area (Å²) in [5.41, 5.74) is 4.05. The lowest BCUT2D eigenvalue weighted by atomic mass is 10.0. The maximum absolute atomic E-state index is 13.3. The number of aromatic nitrogens is 1. The molecular formula is C27H31N3O2. The number of carbonyl (C=O) groups excluding carboxylic acids is 2. The number of benzene rings is 2. The van der Waals surface area contributed by atoms with Crippen LogP contribution in [0.25, 0.3) is 22.0 Å². The minimum absolute atomic E-state index is 0.0679. The van der Waals surface area contributed by atoms with E-state index >= 15 is 0 Å². The van der Waals surface area contributed by atoms with Crippen LogP contribution < -0.4 is 0 Å². The van der Waals surface area contributed by atoms with Gasteiger partial charge in [-0.15, -0.1) is 0 Å². The van der Waals surface area contributed by atoms with Gasteiger partial charge in [-0.2, -0.15) is 0 Å². The van der Waals surface area contributed by atoms with Crippen LogP contribution in [0.1, 0.15) is 43.5 Å². The highest BCUT2D eigenvalue weighted by Crippen LogP contribution is 2.33. The number of hydrogen-bond acceptors (Lipinski definition) is 2. The second-order valence-electron chi connectivity index (χ2n) is 9.62. The van der Waals surface area contributed by atoms with Gasteiger partial charge in [0.2, 0.25) is 5.91 Å². The topological polar surface area (TPSA) is 56.4 Å². The van der Waals surface area contributed by atoms with Crippen LogP contribution in [0.3, 0.4) is 0 Å². The summed E-state index contributed by atoms with van der Waals surface area (Å²) in [6, 6.07) is 16.5. The summed E-state index contributed by atoms with van der Waals surface area (Å²) in [7, 11) is 0. The molecule has 2 fully saturated rings. The second-order valence-corrected chi connectivity index (χ2v) is 9.62. The van der Waals surface area contributed by atoms with Crippen molar-refractivity contribution in [2.75, 3.05) is 19.6 Å². The third kappa shape index (κ3) is 4.16. The van der Waals surface area contributed by atoms with E-state index in [9.17, 15) is 9.59 Å². The zero-order chi connectivity index (χ0) is 22.2. The minimum Gasteiger partial charge on any atom is -0.361 e. The summed E-state index contributed by atoms with van der Waals surface area (Å²) in [5, 5.41) is 1.19. The molecule has 1 N–H and O–H groups in total. The molecule has 1 aromatic heterocycles. The lowest BCUT2D eigenvalue weighted by molar-refractivity contribution is -0.131. The Morgan fingerprint density at radius 1 is 1.03 bits per heavy atom. The van der Waals surface area contributed by atoms with Crippen LogP contribution in [-0.2, 0) is 4.79 Å². The molecule has 2 aliphatic rings. The monoisotopic (exact) mass is 429 g/mol. The SMILES string of the molecule is CC(C)N(CC1CCN(C(=O)C2CC2)C1)C(=O)c1ccc(-c2ccc3cc[nH]c3c2)cc1. The fourth-order valence-corrected chi connectivity index (χ4v) is 4.78. The normalized spacial score (nSPS) is 18.5. The van der Waals surface area contributed by atoms with E-state index in [0.717, 1.165) is 49.0 Å². The van der Waals surface area contributed by atoms with Crippen molar-refractivity contribution in [1.29, 1.82) is 0 Å². The molecule has 0 bridgehead atoms. The van der Waals surface area contributed by atoms with Crippen molar-refractivity contribution in [3.8, 4) is 11.1 Å². The molecule has 1 saturated heterocycles. The second kappa shape index (κ2) is 8.45. The van der Waals surface area contributed by atoms with Crippen LogP contribution in [0.2, 0.25) is 0 Å². The highest BCUT2D eigenvalue weighted by Gasteiger charge is 2.37. The Hall–Kier alpha value is -3.08. The molecule has 1 aliphatic heterocycles. The first-order chi connectivity index (χ1) is 15.5. The number of carbonyl (C=O) groups is 2. The number of H-pyrrole nitrogens is 1. The Balaban J connectivity index is 1.27. The predicted octanol–water partition coefficient (Wildman–Crippen LogP) is 4.94. The molecule has 5 nitrogen and oxygen atoms in total. The van der Waals surface area contributed by atoms with Crippen molar-refractivity contribution in [3.63, 3.8) is 0 Å². The molecular weight excluding hydrogens is 398 g/mol. The van der Waals surface area contributed by atoms with Gasteiger partial charge in [0.25, 0.3) is 5.91 Å². The predicted molar refractivity (Wildman–Crippen MR) is 127 cm³/mol. The van der Waals surface area contributed by atoms with Crippen molar-refractivity contribution in [3.05, 3.63) is 60.3 Å². The van der Waals surface area contributed by atoms with Crippen LogP contribution in [0.5, 0.6) is 0 Å². The number of nitrogens with one attached hydrogen (secondary N) is 1. The number of likely N-dealkylation sites (tertiary alicyclic amines) is 1. The van der Waals surface area contributed by atoms with E-state index in [1.54, 1.807) is 0 Å². The van der Waals surface area contributed by atoms with E-state index in [0.29, 0.717) is 23.9 Å². The first-order valence-corrected chi connectivity index (χ1v) is 11.8. The van der Waals surface area contributed by atoms with Crippen molar-refractivity contribution >= 4 is 22.7 Å². The van der Waals surface area contributed by atoms with Gasteiger partial charge in [0, 0.05) is 48.9 Å². The number of amides is 2. The third-order valence-corrected chi connectivity index (χ3v) is 6.88. The molecule has 0 radical (unpaired) electrons. The van der Waals surface area contributed by atoms with Crippen molar-refractivity contribution in [2.45, 2.75) is 39.2 Å². The van der Waals surface area contributed by atoms with E-state index < -0.39 is 0 Å². The van der Waals surface area contributed by atoms with Gasteiger partial charge in [-0.25, -0.2) is 0 Å². The summed E-state index contributed by atoms with van der Waals surface area (Å²) < 4.78 is 0. The molecule has 1 unspecified atom stereocenters. The largest absolute Gasteiger partial charge is 0.361 e. The van der Waals surface area contributed by atoms with Crippen LogP contribution in [-0.4, -0.2) is 52.3 Å². The standard InChI is InChI=1S/C27H31N3O2/c1-18(2)30(17-19-12-14-29(16-19)26(31)22-8-9-22)27(32)23-6-3-20(4-7-23)24-10-5-21-11-13-28-25(21)15-24/h3-7,10-11,13,15,18-19,22,28H,8-9,12,14,16-17H2,1-2H3. The lowest BCUT2D eigenvalue weighted by Crippen LogP contribution is -2.41. The average molecular weight is 430 g/mol. The first-order valence-electron chi connectivity index (χ1n) is 11.8. The van der Waals surface area contributed by atoms with Crippen molar-refractivity contribution in [1.82, 2.24) is 14.8 Å². The maximum atomic E-state index is 13.3. The van der Waals surface area contributed by atoms with Gasteiger partial charge in [-0.05, 0) is 79.8 Å². The van der Waals surface area contributed by atoms with Gasteiger partial charge in [0.1, 0.15) is 0 Å². The molecule has 1 aliphatic carbocycles. The van der Waals surface area contributed by atoms with Crippen molar-refractivity contribution in [2.24, 2.45) is 11.8 Å². The molecule has 166 valence electrons. The number of rotatable bonds is 6. The molecule has 0 spiro atoms. The molecule has 32 heavy (non-hydrogen) atoms. The van der Waals surface area contributed by atoms with E-state index in [4.69, 9.17) is 0 Å². The number of hydrogen-bond donors (Lipinski definition) is 1. The number of fused-ring (bicyclic) bond motifs is 1. The molecule has 2 heterocycles. The maximum Gasteiger partial charge on any atom is 0.254 e. The Morgan fingerprint density at radius 2 is 1.78 bits per heavy atom. The molecule has 3 aromatic rings. The summed E-state index contributed by atoms with van der Waals surface area (Å²) in [4.78, 5) is 33.0. The Labute approximate surface area is 189 Å². The van der Waals surface area contributed by atoms with Gasteiger partial charge in [0.15, 0.2) is 0 Å². The van der Waals surface area contributed by atoms with E-state index in [-0.39, 0.29) is 17.9 Å². The summed E-state index contributed by atoms with van der Waals surface area (Å²) in [6.45, 7) is 6.46. The van der Waals surface area contributed by atoms with Crippen molar-refractivity contribution < 1.29 is 9.59 Å². The fourth-order valence-electron chi connectivity index (χ4n) is 4.78. The number of aromatic amines is 1. The Bertz CT molecular complexity index is 1130. The number of nitrogens with zero attached hydrogens (tertiary/aromatic N) is 2. The van der Waals surface area contributed by atoms with Crippen LogP contribution in [0.15, 0.2) is 54.7 Å². The summed E-state index contributed by atoms with van der Waals surface area (Å²) >= 11 is 0. The van der Waals surface area contributed by atoms with Crippen LogP contribution in [0.4, 0.5) is 0 Å². The summed E-state index contributed by atoms with van der Waals surface area (Å²) in [6.07, 6.45) is 5.02. The van der Waals surface area contributed by atoms with Crippen LogP contribution >= 0.6 is 0 Å². The zero-order valence-corrected chi connectivity index (χ0v) is 18.9. The van der Waals surface area contributed by atoms with E-state index in [1.165, 1.54) is 5.39 Å². The first kappa shape index (κ1) is 20.8. The molecule has 5 heteroatoms. The third-order valence-electron chi connectivity index (χ3n) is 6.88. The van der Waals surface area contributed by atoms with E-state index in [1.807, 2.05) is 40.3 Å². The van der Waals surface area contributed by atoms with Gasteiger partial charge in [-0.3, -0.25) is 9.59 Å². The van der Waals surface area contributed by atoms with Gasteiger partial charge in [0.05, 0.1) is 0 Å². The summed E-state index contributed by atoms with van der Waals surface area (Å²) in [5.74, 6) is 1.02. The minimum atomic E-state index is 0.0679. The quantitative estimate of drug-likeness (QED) is 0.603. The highest BCUT2D eigenvalue weighted by molar-refractivity contribution is 5.95. The Kier molecular flexibility index (Phi) is 5.50. The van der Waals surface area contributed by atoms with Gasteiger partial charge >= 0.3 is 0 Å². The average Bonchev–Trinajstić information content (AvgIpc) is 3.36. The lowest BCUT2D eigenvalue weighted by Gasteiger charge is -2.30. The smallest absolute Gasteiger partial charge is 0.254 e. The fraction of sp³-hybridized carbons (Fsp3) is 0.407.